The first kappa shape index (κ1) is 29.9. The van der Waals surface area contributed by atoms with E-state index in [0.717, 1.165) is 0 Å². The lowest BCUT2D eigenvalue weighted by Crippen LogP contribution is -2.30. The van der Waals surface area contributed by atoms with Gasteiger partial charge >= 0.3 is 0 Å². The number of hydrogen-bond acceptors (Lipinski definition) is 12. The fraction of sp³-hybridized carbons (Fsp3) is 0.417. The summed E-state index contributed by atoms with van der Waals surface area (Å²) in [7, 11) is 0. The van der Waals surface area contributed by atoms with Gasteiger partial charge in [-0.3, -0.25) is 30.2 Å². The smallest absolute Gasteiger partial charge is 0.274 e. The van der Waals surface area contributed by atoms with Gasteiger partial charge in [0.1, 0.15) is 0 Å². The normalized spacial score (nSPS) is 11.3. The van der Waals surface area contributed by atoms with E-state index in [-0.39, 0.29) is 58.7 Å². The molecule has 0 heterocycles. The summed E-state index contributed by atoms with van der Waals surface area (Å²) in [6.07, 6.45) is 2.75. The van der Waals surface area contributed by atoms with Crippen LogP contribution in [-0.4, -0.2) is 85.0 Å². The Balaban J connectivity index is 1.70. The summed E-state index contributed by atoms with van der Waals surface area (Å²) in [5.74, 6) is -0.324. The van der Waals surface area contributed by atoms with Crippen LogP contribution in [0, 0.1) is 20.2 Å². The van der Waals surface area contributed by atoms with Crippen LogP contribution in [0.1, 0.15) is 25.0 Å². The Morgan fingerprint density at radius 1 is 0.763 bits per heavy atom. The topological polar surface area (TPSA) is 194 Å². The van der Waals surface area contributed by atoms with Crippen molar-refractivity contribution in [2.45, 2.75) is 13.8 Å². The van der Waals surface area contributed by atoms with E-state index in [1.54, 1.807) is 13.8 Å². The van der Waals surface area contributed by atoms with Crippen LogP contribution in [-0.2, 0) is 0 Å². The van der Waals surface area contributed by atoms with Crippen LogP contribution < -0.4 is 20.1 Å². The predicted octanol–water partition coefficient (Wildman–Crippen LogP) is 2.43. The molecule has 0 aliphatic carbocycles. The van der Waals surface area contributed by atoms with E-state index in [0.29, 0.717) is 39.3 Å². The number of ether oxygens (including phenoxy) is 2. The number of phenolic OH excluding ortho intramolecular Hbond substituents is 2. The zero-order valence-corrected chi connectivity index (χ0v) is 21.3. The van der Waals surface area contributed by atoms with Gasteiger partial charge in [0, 0.05) is 61.9 Å². The molecule has 0 fully saturated rings. The summed E-state index contributed by atoms with van der Waals surface area (Å²) in [6.45, 7) is 7.14. The Bertz CT molecular complexity index is 1070. The number of rotatable bonds is 17. The second-order valence-corrected chi connectivity index (χ2v) is 7.71. The van der Waals surface area contributed by atoms with Crippen LogP contribution in [0.5, 0.6) is 23.0 Å². The third-order valence-corrected chi connectivity index (χ3v) is 4.97. The molecule has 14 heteroatoms. The van der Waals surface area contributed by atoms with Gasteiger partial charge < -0.3 is 30.3 Å². The van der Waals surface area contributed by atoms with Crippen LogP contribution in [0.4, 0.5) is 11.4 Å². The van der Waals surface area contributed by atoms with E-state index in [1.807, 2.05) is 0 Å². The molecule has 38 heavy (non-hydrogen) atoms. The van der Waals surface area contributed by atoms with Gasteiger partial charge in [0.2, 0.25) is 0 Å². The minimum Gasteiger partial charge on any atom is -0.504 e. The fourth-order valence-corrected chi connectivity index (χ4v) is 3.21. The average molecular weight is 533 g/mol. The maximum Gasteiger partial charge on any atom is 0.274 e. The highest BCUT2D eigenvalue weighted by Crippen LogP contribution is 2.34. The first-order valence-corrected chi connectivity index (χ1v) is 12.0. The van der Waals surface area contributed by atoms with Crippen LogP contribution in [0.2, 0.25) is 0 Å². The molecule has 0 radical (unpaired) electrons. The van der Waals surface area contributed by atoms with E-state index in [1.165, 1.54) is 36.7 Å². The molecule has 14 nitrogen and oxygen atoms in total. The number of nitro groups is 2. The van der Waals surface area contributed by atoms with Gasteiger partial charge in [-0.15, -0.1) is 0 Å². The lowest BCUT2D eigenvalue weighted by atomic mass is 10.1. The van der Waals surface area contributed by atoms with E-state index >= 15 is 0 Å². The highest BCUT2D eigenvalue weighted by Gasteiger charge is 2.17. The second kappa shape index (κ2) is 15.7. The molecule has 0 unspecified atom stereocenters. The molecule has 4 N–H and O–H groups in total. The Kier molecular flexibility index (Phi) is 12.4. The summed E-state index contributed by atoms with van der Waals surface area (Å²) in [5.41, 5.74) is 0.0200. The van der Waals surface area contributed by atoms with Gasteiger partial charge in [0.25, 0.3) is 11.4 Å². The van der Waals surface area contributed by atoms with E-state index in [9.17, 15) is 30.4 Å². The molecule has 206 valence electrons. The maximum absolute atomic E-state index is 11.1. The van der Waals surface area contributed by atoms with Crippen LogP contribution in [0.25, 0.3) is 0 Å². The number of nitro benzene ring substituents is 2. The Labute approximate surface area is 219 Å². The molecular weight excluding hydrogens is 500 g/mol. The van der Waals surface area contributed by atoms with Crippen molar-refractivity contribution in [2.24, 2.45) is 9.98 Å². The number of phenols is 2. The lowest BCUT2D eigenvalue weighted by Gasteiger charge is -2.08. The standard InChI is InChI=1S/C24H32N6O8/c1-3-37-21-13-19(29(33)34)11-17(23(21)31)15-27-9-7-25-5-6-26-8-10-28-16-18-12-20(30(35)36)14-22(24(18)32)38-4-2/h11-16,25-26,31-32H,3-10H2,1-2H3. The quantitative estimate of drug-likeness (QED) is 0.102. The molecule has 2 aromatic rings. The van der Waals surface area contributed by atoms with Crippen LogP contribution >= 0.6 is 0 Å². The molecule has 0 atom stereocenters. The zero-order chi connectivity index (χ0) is 27.9. The summed E-state index contributed by atoms with van der Waals surface area (Å²) in [5, 5.41) is 49.0. The van der Waals surface area contributed by atoms with E-state index in [2.05, 4.69) is 20.6 Å². The second-order valence-electron chi connectivity index (χ2n) is 7.71. The number of nitrogens with zero attached hydrogens (tertiary/aromatic N) is 4. The number of aromatic hydroxyl groups is 2. The third kappa shape index (κ3) is 9.29. The Hall–Kier alpha value is -4.30. The molecular formula is C24H32N6O8. The van der Waals surface area contributed by atoms with Crippen molar-refractivity contribution in [3.63, 3.8) is 0 Å². The SMILES string of the molecule is CCOc1cc([N+](=O)[O-])cc(C=NCCNCCNCCN=Cc2cc([N+](=O)[O-])cc(OCC)c2O)c1O. The fourth-order valence-electron chi connectivity index (χ4n) is 3.21. The number of non-ortho nitro benzene ring substituents is 2. The zero-order valence-electron chi connectivity index (χ0n) is 21.3. The van der Waals surface area contributed by atoms with Gasteiger partial charge in [-0.05, 0) is 13.8 Å². The van der Waals surface area contributed by atoms with E-state index in [4.69, 9.17) is 9.47 Å². The maximum atomic E-state index is 11.1. The molecule has 0 saturated carbocycles. The van der Waals surface area contributed by atoms with Crippen molar-refractivity contribution in [1.29, 1.82) is 0 Å². The largest absolute Gasteiger partial charge is 0.504 e. The average Bonchev–Trinajstić information content (AvgIpc) is 2.88. The number of hydrogen-bond donors (Lipinski definition) is 4. The van der Waals surface area contributed by atoms with Crippen LogP contribution in [0.15, 0.2) is 34.3 Å². The molecule has 0 aliphatic rings. The molecule has 2 aromatic carbocycles. The van der Waals surface area contributed by atoms with Gasteiger partial charge in [0.15, 0.2) is 23.0 Å². The minimum atomic E-state index is -0.560. The molecule has 0 aromatic heterocycles. The summed E-state index contributed by atoms with van der Waals surface area (Å²) in [6, 6.07) is 4.82. The van der Waals surface area contributed by atoms with Crippen molar-refractivity contribution in [2.75, 3.05) is 52.5 Å². The van der Waals surface area contributed by atoms with Crippen molar-refractivity contribution in [3.8, 4) is 23.0 Å². The van der Waals surface area contributed by atoms with Gasteiger partial charge in [-0.1, -0.05) is 0 Å². The predicted molar refractivity (Wildman–Crippen MR) is 143 cm³/mol. The summed E-state index contributed by atoms with van der Waals surface area (Å²) in [4.78, 5) is 29.5. The number of aliphatic imine (C=N–C) groups is 2. The molecule has 0 spiro atoms. The highest BCUT2D eigenvalue weighted by molar-refractivity contribution is 5.87. The number of benzene rings is 2. The van der Waals surface area contributed by atoms with Gasteiger partial charge in [-0.25, -0.2) is 0 Å². The van der Waals surface area contributed by atoms with E-state index < -0.39 is 9.85 Å². The molecule has 0 saturated heterocycles. The third-order valence-electron chi connectivity index (χ3n) is 4.97. The van der Waals surface area contributed by atoms with Crippen molar-refractivity contribution >= 4 is 23.8 Å². The first-order chi connectivity index (χ1) is 18.3. The summed E-state index contributed by atoms with van der Waals surface area (Å²) < 4.78 is 10.5. The monoisotopic (exact) mass is 532 g/mol. The lowest BCUT2D eigenvalue weighted by molar-refractivity contribution is -0.385. The summed E-state index contributed by atoms with van der Waals surface area (Å²) >= 11 is 0. The first-order valence-electron chi connectivity index (χ1n) is 12.0. The Morgan fingerprint density at radius 2 is 1.16 bits per heavy atom. The van der Waals surface area contributed by atoms with Crippen molar-refractivity contribution in [3.05, 3.63) is 55.6 Å². The minimum absolute atomic E-state index is 0.0360. The molecule has 0 aliphatic heterocycles. The van der Waals surface area contributed by atoms with Crippen LogP contribution in [0.3, 0.4) is 0 Å². The van der Waals surface area contributed by atoms with Crippen molar-refractivity contribution in [1.82, 2.24) is 10.6 Å². The molecule has 0 amide bonds. The van der Waals surface area contributed by atoms with Gasteiger partial charge in [-0.2, -0.15) is 0 Å². The molecule has 0 bridgehead atoms. The molecule has 2 rings (SSSR count). The number of nitrogens with one attached hydrogen (secondary N) is 2. The van der Waals surface area contributed by atoms with Gasteiger partial charge in [0.05, 0.1) is 48.3 Å². The highest BCUT2D eigenvalue weighted by atomic mass is 16.6. The van der Waals surface area contributed by atoms with Crippen molar-refractivity contribution < 1.29 is 29.5 Å². The Morgan fingerprint density at radius 3 is 1.50 bits per heavy atom.